The first-order chi connectivity index (χ1) is 18.4. The maximum Gasteiger partial charge on any atom is 0.227 e. The average Bonchev–Trinajstić information content (AvgIpc) is 2.92. The van der Waals surface area contributed by atoms with Crippen molar-refractivity contribution in [3.05, 3.63) is 59.4 Å². The molecule has 11 heteroatoms. The fourth-order valence-electron chi connectivity index (χ4n) is 3.99. The van der Waals surface area contributed by atoms with Gasteiger partial charge in [0.05, 0.1) is 32.2 Å². The third-order valence-corrected chi connectivity index (χ3v) is 6.38. The highest BCUT2D eigenvalue weighted by Crippen LogP contribution is 2.32. The molecule has 38 heavy (non-hydrogen) atoms. The molecule has 0 saturated carbocycles. The second kappa shape index (κ2) is 12.7. The normalized spacial score (nSPS) is 14.3. The third kappa shape index (κ3) is 6.78. The molecule has 2 aromatic carbocycles. The van der Waals surface area contributed by atoms with Crippen LogP contribution in [0.3, 0.4) is 0 Å². The van der Waals surface area contributed by atoms with Gasteiger partial charge in [0, 0.05) is 50.5 Å². The SMILES string of the molecule is COc1cc(OC)c(F)c(COc2cnc(Nc3ccc(C)c(OCCN4CCN(C)CC4)c3)nc2)c1F. The number of methoxy groups -OCH3 is 2. The Morgan fingerprint density at radius 1 is 0.895 bits per heavy atom. The van der Waals surface area contributed by atoms with Crippen LogP contribution in [-0.4, -0.2) is 80.4 Å². The predicted molar refractivity (Wildman–Crippen MR) is 140 cm³/mol. The van der Waals surface area contributed by atoms with Crippen molar-refractivity contribution >= 4 is 11.6 Å². The summed E-state index contributed by atoms with van der Waals surface area (Å²) in [7, 11) is 4.72. The summed E-state index contributed by atoms with van der Waals surface area (Å²) in [6.45, 7) is 7.35. The second-order valence-electron chi connectivity index (χ2n) is 9.02. The zero-order valence-electron chi connectivity index (χ0n) is 22.1. The van der Waals surface area contributed by atoms with Crippen LogP contribution in [0.15, 0.2) is 36.7 Å². The van der Waals surface area contributed by atoms with Crippen LogP contribution in [0.4, 0.5) is 20.4 Å². The van der Waals surface area contributed by atoms with E-state index in [1.165, 1.54) is 26.6 Å². The van der Waals surface area contributed by atoms with Gasteiger partial charge >= 0.3 is 0 Å². The molecular weight excluding hydrogens is 496 g/mol. The summed E-state index contributed by atoms with van der Waals surface area (Å²) in [5, 5.41) is 3.14. The Balaban J connectivity index is 1.33. The number of nitrogens with zero attached hydrogens (tertiary/aromatic N) is 4. The first-order valence-corrected chi connectivity index (χ1v) is 12.3. The summed E-state index contributed by atoms with van der Waals surface area (Å²) in [6.07, 6.45) is 2.84. The highest BCUT2D eigenvalue weighted by Gasteiger charge is 2.20. The van der Waals surface area contributed by atoms with Gasteiger partial charge in [-0.2, -0.15) is 0 Å². The number of hydrogen-bond donors (Lipinski definition) is 1. The summed E-state index contributed by atoms with van der Waals surface area (Å²) in [5.41, 5.74) is 1.49. The maximum atomic E-state index is 14.6. The van der Waals surface area contributed by atoms with Crippen molar-refractivity contribution in [1.29, 1.82) is 0 Å². The second-order valence-corrected chi connectivity index (χ2v) is 9.02. The number of ether oxygens (including phenoxy) is 4. The van der Waals surface area contributed by atoms with Gasteiger partial charge in [-0.15, -0.1) is 0 Å². The summed E-state index contributed by atoms with van der Waals surface area (Å²) in [4.78, 5) is 13.2. The number of aryl methyl sites for hydroxylation is 1. The van der Waals surface area contributed by atoms with E-state index in [9.17, 15) is 8.78 Å². The molecule has 0 radical (unpaired) electrons. The predicted octanol–water partition coefficient (Wildman–Crippen LogP) is 4.03. The van der Waals surface area contributed by atoms with Gasteiger partial charge in [-0.25, -0.2) is 18.7 Å². The van der Waals surface area contributed by atoms with E-state index in [2.05, 4.69) is 32.1 Å². The van der Waals surface area contributed by atoms with E-state index in [0.29, 0.717) is 12.6 Å². The molecule has 1 fully saturated rings. The number of rotatable bonds is 11. The Hall–Kier alpha value is -3.70. The fourth-order valence-corrected chi connectivity index (χ4v) is 3.99. The lowest BCUT2D eigenvalue weighted by molar-refractivity contribution is 0.133. The Bertz CT molecular complexity index is 1190. The Morgan fingerprint density at radius 3 is 2.18 bits per heavy atom. The molecule has 0 aliphatic carbocycles. The molecule has 1 aromatic heterocycles. The first-order valence-electron chi connectivity index (χ1n) is 12.3. The van der Waals surface area contributed by atoms with Crippen molar-refractivity contribution in [2.75, 3.05) is 65.9 Å². The lowest BCUT2D eigenvalue weighted by Crippen LogP contribution is -2.45. The Morgan fingerprint density at radius 2 is 1.55 bits per heavy atom. The maximum absolute atomic E-state index is 14.6. The smallest absolute Gasteiger partial charge is 0.227 e. The van der Waals surface area contributed by atoms with Crippen LogP contribution in [0.25, 0.3) is 0 Å². The van der Waals surface area contributed by atoms with Gasteiger partial charge in [-0.05, 0) is 25.6 Å². The number of benzene rings is 2. The number of halogens is 2. The van der Waals surface area contributed by atoms with E-state index < -0.39 is 18.2 Å². The fraction of sp³-hybridized carbons (Fsp3) is 0.407. The van der Waals surface area contributed by atoms with Gasteiger partial charge < -0.3 is 29.2 Å². The van der Waals surface area contributed by atoms with E-state index in [1.807, 2.05) is 25.1 Å². The molecule has 1 aliphatic heterocycles. The monoisotopic (exact) mass is 529 g/mol. The van der Waals surface area contributed by atoms with E-state index in [-0.39, 0.29) is 22.8 Å². The van der Waals surface area contributed by atoms with E-state index in [4.69, 9.17) is 18.9 Å². The zero-order chi connectivity index (χ0) is 27.1. The molecule has 1 aliphatic rings. The first kappa shape index (κ1) is 27.3. The minimum Gasteiger partial charge on any atom is -0.494 e. The number of anilines is 2. The van der Waals surface area contributed by atoms with Gasteiger partial charge in [-0.3, -0.25) is 4.90 Å². The Labute approximate surface area is 221 Å². The van der Waals surface area contributed by atoms with Gasteiger partial charge in [0.25, 0.3) is 0 Å². The van der Waals surface area contributed by atoms with Crippen LogP contribution in [-0.2, 0) is 6.61 Å². The number of aromatic nitrogens is 2. The minimum absolute atomic E-state index is 0.140. The molecule has 0 spiro atoms. The van der Waals surface area contributed by atoms with Crippen molar-refractivity contribution in [3.8, 4) is 23.0 Å². The number of hydrogen-bond acceptors (Lipinski definition) is 9. The molecular formula is C27H33F2N5O4. The summed E-state index contributed by atoms with van der Waals surface area (Å²) in [5.74, 6) is -0.617. The van der Waals surface area contributed by atoms with E-state index >= 15 is 0 Å². The molecule has 0 unspecified atom stereocenters. The Kier molecular flexibility index (Phi) is 9.14. The highest BCUT2D eigenvalue weighted by atomic mass is 19.1. The molecule has 1 saturated heterocycles. The van der Waals surface area contributed by atoms with Crippen molar-refractivity contribution < 1.29 is 27.7 Å². The molecule has 204 valence electrons. The van der Waals surface area contributed by atoms with Crippen LogP contribution in [0.2, 0.25) is 0 Å². The van der Waals surface area contributed by atoms with E-state index in [1.54, 1.807) is 0 Å². The molecule has 0 atom stereocenters. The minimum atomic E-state index is -0.856. The number of likely N-dealkylation sites (N-methyl/N-ethyl adjacent to an activating group) is 1. The quantitative estimate of drug-likeness (QED) is 0.396. The molecule has 1 N–H and O–H groups in total. The van der Waals surface area contributed by atoms with Crippen LogP contribution < -0.4 is 24.3 Å². The molecule has 3 aromatic rings. The highest BCUT2D eigenvalue weighted by molar-refractivity contribution is 5.57. The van der Waals surface area contributed by atoms with Crippen molar-refractivity contribution in [1.82, 2.24) is 19.8 Å². The molecule has 0 bridgehead atoms. The van der Waals surface area contributed by atoms with Crippen molar-refractivity contribution in [3.63, 3.8) is 0 Å². The molecule has 9 nitrogen and oxygen atoms in total. The van der Waals surface area contributed by atoms with Gasteiger partial charge in [0.2, 0.25) is 5.95 Å². The van der Waals surface area contributed by atoms with Crippen LogP contribution in [0.1, 0.15) is 11.1 Å². The topological polar surface area (TPSA) is 81.2 Å². The largest absolute Gasteiger partial charge is 0.494 e. The standard InChI is InChI=1S/C27H33F2N5O4/c1-18-5-6-19(13-22(18)37-12-11-34-9-7-33(2)8-10-34)32-27-30-15-20(16-31-27)38-17-21-25(28)23(35-3)14-24(36-4)26(21)29/h5-6,13-16H,7-12,17H2,1-4H3,(H,30,31,32). The van der Waals surface area contributed by atoms with E-state index in [0.717, 1.165) is 55.8 Å². The third-order valence-electron chi connectivity index (χ3n) is 6.38. The summed E-state index contributed by atoms with van der Waals surface area (Å²) >= 11 is 0. The van der Waals surface area contributed by atoms with Gasteiger partial charge in [-0.1, -0.05) is 6.07 Å². The molecule has 0 amide bonds. The summed E-state index contributed by atoms with van der Waals surface area (Å²) in [6, 6.07) is 6.94. The average molecular weight is 530 g/mol. The molecule has 4 rings (SSSR count). The van der Waals surface area contributed by atoms with Crippen molar-refractivity contribution in [2.24, 2.45) is 0 Å². The summed E-state index contributed by atoms with van der Waals surface area (Å²) < 4.78 is 50.6. The van der Waals surface area contributed by atoms with Crippen molar-refractivity contribution in [2.45, 2.75) is 13.5 Å². The van der Waals surface area contributed by atoms with Crippen LogP contribution >= 0.6 is 0 Å². The van der Waals surface area contributed by atoms with Crippen LogP contribution in [0.5, 0.6) is 23.0 Å². The molecule has 2 heterocycles. The number of nitrogens with one attached hydrogen (secondary N) is 1. The lowest BCUT2D eigenvalue weighted by atomic mass is 10.1. The number of piperazine rings is 1. The van der Waals surface area contributed by atoms with Crippen LogP contribution in [0, 0.1) is 18.6 Å². The van der Waals surface area contributed by atoms with Gasteiger partial charge in [0.15, 0.2) is 28.9 Å². The zero-order valence-corrected chi connectivity index (χ0v) is 22.1. The lowest BCUT2D eigenvalue weighted by Gasteiger charge is -2.32. The van der Waals surface area contributed by atoms with Gasteiger partial charge in [0.1, 0.15) is 19.0 Å².